The molecule has 0 aliphatic carbocycles. The number of fused-ring (bicyclic) bond motifs is 2. The first-order valence-electron chi connectivity index (χ1n) is 7.50. The van der Waals surface area contributed by atoms with Crippen molar-refractivity contribution in [2.75, 3.05) is 19.3 Å². The molecular formula is C14H22N4OS2. The summed E-state index contributed by atoms with van der Waals surface area (Å²) in [6, 6.07) is 0.430. The van der Waals surface area contributed by atoms with Gasteiger partial charge >= 0.3 is 0 Å². The first-order chi connectivity index (χ1) is 10.3. The molecule has 21 heavy (non-hydrogen) atoms. The van der Waals surface area contributed by atoms with E-state index in [-0.39, 0.29) is 0 Å². The quantitative estimate of drug-likeness (QED) is 0.363. The second-order valence-electron chi connectivity index (χ2n) is 5.36. The van der Waals surface area contributed by atoms with Gasteiger partial charge in [0.1, 0.15) is 4.34 Å². The van der Waals surface area contributed by atoms with Crippen molar-refractivity contribution >= 4 is 29.1 Å². The Hall–Kier alpha value is -0.790. The molecule has 7 heteroatoms. The van der Waals surface area contributed by atoms with Gasteiger partial charge in [0.15, 0.2) is 5.96 Å². The molecule has 0 amide bonds. The summed E-state index contributed by atoms with van der Waals surface area (Å²) < 4.78 is 7.01. The molecule has 2 fully saturated rings. The maximum atomic E-state index is 5.86. The summed E-state index contributed by atoms with van der Waals surface area (Å²) >= 11 is 3.52. The minimum Gasteiger partial charge on any atom is -0.373 e. The maximum absolute atomic E-state index is 5.86. The highest BCUT2D eigenvalue weighted by Crippen LogP contribution is 2.34. The normalized spacial score (nSPS) is 28.0. The van der Waals surface area contributed by atoms with Crippen molar-refractivity contribution in [2.45, 2.75) is 48.3 Å². The smallest absolute Gasteiger partial charge is 0.191 e. The third-order valence-electron chi connectivity index (χ3n) is 3.90. The fraction of sp³-hybridized carbons (Fsp3) is 0.714. The second-order valence-corrected chi connectivity index (χ2v) is 7.60. The standard InChI is InChI=1S/C14H22N4OS2/c1-15-13(18-11-9-10-3-4-12(11)19-10)16-5-2-7-20-14-17-6-8-21-14/h6,8,10-12H,2-5,7,9H2,1H3,(H2,15,16,18). The summed E-state index contributed by atoms with van der Waals surface area (Å²) in [5.41, 5.74) is 0. The number of guanidine groups is 1. The number of thiazole rings is 1. The Morgan fingerprint density at radius 2 is 2.52 bits per heavy atom. The van der Waals surface area contributed by atoms with Crippen molar-refractivity contribution in [1.82, 2.24) is 15.6 Å². The molecule has 2 aliphatic heterocycles. The van der Waals surface area contributed by atoms with Crippen LogP contribution in [0, 0.1) is 0 Å². The van der Waals surface area contributed by atoms with E-state index < -0.39 is 0 Å². The maximum Gasteiger partial charge on any atom is 0.191 e. The SMILES string of the molecule is CN=C(NCCCSc1nccs1)NC1CC2CCC1O2. The molecule has 3 unspecified atom stereocenters. The Bertz CT molecular complexity index is 466. The fourth-order valence-electron chi connectivity index (χ4n) is 2.88. The molecule has 0 spiro atoms. The lowest BCUT2D eigenvalue weighted by Gasteiger charge is -2.22. The molecule has 3 atom stereocenters. The van der Waals surface area contributed by atoms with Crippen LogP contribution in [0.1, 0.15) is 25.7 Å². The zero-order chi connectivity index (χ0) is 14.5. The van der Waals surface area contributed by atoms with Gasteiger partial charge in [0.2, 0.25) is 0 Å². The number of thioether (sulfide) groups is 1. The van der Waals surface area contributed by atoms with Crippen LogP contribution in [-0.4, -0.2) is 48.5 Å². The van der Waals surface area contributed by atoms with E-state index in [1.54, 1.807) is 11.3 Å². The molecule has 2 saturated heterocycles. The van der Waals surface area contributed by atoms with Crippen molar-refractivity contribution < 1.29 is 4.74 Å². The van der Waals surface area contributed by atoms with Crippen LogP contribution in [0.25, 0.3) is 0 Å². The topological polar surface area (TPSA) is 58.5 Å². The highest BCUT2D eigenvalue weighted by Gasteiger charge is 2.40. The van der Waals surface area contributed by atoms with Crippen molar-refractivity contribution in [2.24, 2.45) is 4.99 Å². The Labute approximate surface area is 134 Å². The van der Waals surface area contributed by atoms with Crippen molar-refractivity contribution in [3.63, 3.8) is 0 Å². The lowest BCUT2D eigenvalue weighted by molar-refractivity contribution is 0.0992. The van der Waals surface area contributed by atoms with Gasteiger partial charge in [0.25, 0.3) is 0 Å². The number of ether oxygens (including phenoxy) is 1. The van der Waals surface area contributed by atoms with E-state index in [9.17, 15) is 0 Å². The molecule has 2 aliphatic rings. The average molecular weight is 326 g/mol. The third-order valence-corrected chi connectivity index (χ3v) is 5.95. The number of nitrogens with zero attached hydrogens (tertiary/aromatic N) is 2. The van der Waals surface area contributed by atoms with Gasteiger partial charge < -0.3 is 15.4 Å². The van der Waals surface area contributed by atoms with Crippen molar-refractivity contribution in [3.8, 4) is 0 Å². The Kier molecular flexibility index (Phi) is 5.38. The van der Waals surface area contributed by atoms with Gasteiger partial charge in [-0.2, -0.15) is 0 Å². The number of nitrogens with one attached hydrogen (secondary N) is 2. The summed E-state index contributed by atoms with van der Waals surface area (Å²) in [6.07, 6.45) is 7.33. The molecular weight excluding hydrogens is 304 g/mol. The summed E-state index contributed by atoms with van der Waals surface area (Å²) in [7, 11) is 1.83. The molecule has 2 bridgehead atoms. The number of hydrogen-bond donors (Lipinski definition) is 2. The van der Waals surface area contributed by atoms with E-state index in [2.05, 4.69) is 20.6 Å². The average Bonchev–Trinajstić information content (AvgIpc) is 3.23. The minimum atomic E-state index is 0.383. The van der Waals surface area contributed by atoms with Crippen LogP contribution in [-0.2, 0) is 4.74 Å². The summed E-state index contributed by atoms with van der Waals surface area (Å²) in [5.74, 6) is 1.98. The summed E-state index contributed by atoms with van der Waals surface area (Å²) in [6.45, 7) is 0.930. The van der Waals surface area contributed by atoms with E-state index in [1.165, 1.54) is 12.8 Å². The van der Waals surface area contributed by atoms with Gasteiger partial charge in [-0.25, -0.2) is 4.98 Å². The van der Waals surface area contributed by atoms with Crippen LogP contribution in [0.5, 0.6) is 0 Å². The Morgan fingerprint density at radius 3 is 3.19 bits per heavy atom. The lowest BCUT2D eigenvalue weighted by Crippen LogP contribution is -2.47. The van der Waals surface area contributed by atoms with E-state index in [0.717, 1.165) is 35.4 Å². The molecule has 1 aromatic rings. The van der Waals surface area contributed by atoms with Crippen LogP contribution in [0.2, 0.25) is 0 Å². The molecule has 1 aromatic heterocycles. The molecule has 2 N–H and O–H groups in total. The number of aliphatic imine (C=N–C) groups is 1. The molecule has 0 aromatic carbocycles. The Balaban J connectivity index is 1.32. The number of hydrogen-bond acceptors (Lipinski definition) is 5. The van der Waals surface area contributed by atoms with E-state index in [0.29, 0.717) is 18.2 Å². The molecule has 3 heterocycles. The van der Waals surface area contributed by atoms with Gasteiger partial charge in [-0.3, -0.25) is 4.99 Å². The van der Waals surface area contributed by atoms with E-state index in [1.807, 2.05) is 30.4 Å². The fourth-order valence-corrected chi connectivity index (χ4v) is 4.53. The van der Waals surface area contributed by atoms with Gasteiger partial charge in [0, 0.05) is 30.9 Å². The van der Waals surface area contributed by atoms with Crippen molar-refractivity contribution in [3.05, 3.63) is 11.6 Å². The van der Waals surface area contributed by atoms with Crippen molar-refractivity contribution in [1.29, 1.82) is 0 Å². The number of aromatic nitrogens is 1. The van der Waals surface area contributed by atoms with Crippen LogP contribution in [0.15, 0.2) is 20.9 Å². The second kappa shape index (κ2) is 7.47. The lowest BCUT2D eigenvalue weighted by atomic mass is 9.96. The van der Waals surface area contributed by atoms with Gasteiger partial charge in [0.05, 0.1) is 18.2 Å². The van der Waals surface area contributed by atoms with Gasteiger partial charge in [-0.05, 0) is 25.7 Å². The van der Waals surface area contributed by atoms with E-state index in [4.69, 9.17) is 4.74 Å². The molecule has 3 rings (SSSR count). The summed E-state index contributed by atoms with van der Waals surface area (Å²) in [5, 5.41) is 8.90. The van der Waals surface area contributed by atoms with Crippen LogP contribution in [0.3, 0.4) is 0 Å². The van der Waals surface area contributed by atoms with E-state index >= 15 is 0 Å². The monoisotopic (exact) mass is 326 g/mol. The molecule has 116 valence electrons. The van der Waals surface area contributed by atoms with Gasteiger partial charge in [-0.15, -0.1) is 11.3 Å². The molecule has 0 saturated carbocycles. The Morgan fingerprint density at radius 1 is 1.57 bits per heavy atom. The first-order valence-corrected chi connectivity index (χ1v) is 9.36. The molecule has 0 radical (unpaired) electrons. The predicted octanol–water partition coefficient (Wildman–Crippen LogP) is 2.11. The third kappa shape index (κ3) is 4.11. The summed E-state index contributed by atoms with van der Waals surface area (Å²) in [4.78, 5) is 8.57. The van der Waals surface area contributed by atoms with Crippen LogP contribution in [0.4, 0.5) is 0 Å². The van der Waals surface area contributed by atoms with Crippen LogP contribution >= 0.6 is 23.1 Å². The zero-order valence-corrected chi connectivity index (χ0v) is 13.9. The highest BCUT2D eigenvalue weighted by atomic mass is 32.2. The number of rotatable bonds is 6. The zero-order valence-electron chi connectivity index (χ0n) is 12.2. The van der Waals surface area contributed by atoms with Gasteiger partial charge in [-0.1, -0.05) is 11.8 Å². The molecule has 5 nitrogen and oxygen atoms in total. The first kappa shape index (κ1) is 15.1. The van der Waals surface area contributed by atoms with Crippen LogP contribution < -0.4 is 10.6 Å². The highest BCUT2D eigenvalue weighted by molar-refractivity contribution is 8.00. The predicted molar refractivity (Wildman–Crippen MR) is 88.3 cm³/mol. The minimum absolute atomic E-state index is 0.383. The largest absolute Gasteiger partial charge is 0.373 e.